The predicted molar refractivity (Wildman–Crippen MR) is 74.4 cm³/mol. The van der Waals surface area contributed by atoms with E-state index in [0.717, 1.165) is 12.1 Å². The van der Waals surface area contributed by atoms with Gasteiger partial charge in [-0.15, -0.1) is 0 Å². The highest BCUT2D eigenvalue weighted by atomic mass is 15.1. The Bertz CT molecular complexity index is 189. The number of hydrogen-bond acceptors (Lipinski definition) is 2. The molecule has 0 bridgehead atoms. The fourth-order valence-electron chi connectivity index (χ4n) is 3.37. The number of piperidine rings is 1. The van der Waals surface area contributed by atoms with Gasteiger partial charge in [0.2, 0.25) is 0 Å². The van der Waals surface area contributed by atoms with E-state index in [2.05, 4.69) is 17.1 Å². The average Bonchev–Trinajstić information content (AvgIpc) is 2.33. The van der Waals surface area contributed by atoms with Crippen LogP contribution in [0.15, 0.2) is 0 Å². The topological polar surface area (TPSA) is 15.3 Å². The lowest BCUT2D eigenvalue weighted by Crippen LogP contribution is -2.46. The van der Waals surface area contributed by atoms with E-state index in [4.69, 9.17) is 0 Å². The Kier molecular flexibility index (Phi) is 5.79. The third-order valence-electron chi connectivity index (χ3n) is 4.61. The largest absolute Gasteiger partial charge is 0.311 e. The van der Waals surface area contributed by atoms with Crippen LogP contribution in [0, 0.1) is 0 Å². The minimum Gasteiger partial charge on any atom is -0.311 e. The molecule has 1 heterocycles. The van der Waals surface area contributed by atoms with Crippen LogP contribution in [0.4, 0.5) is 0 Å². The van der Waals surface area contributed by atoms with Crippen molar-refractivity contribution in [2.75, 3.05) is 19.6 Å². The van der Waals surface area contributed by atoms with Gasteiger partial charge in [0, 0.05) is 12.1 Å². The molecule has 0 aromatic heterocycles. The summed E-state index contributed by atoms with van der Waals surface area (Å²) in [7, 11) is 0. The van der Waals surface area contributed by atoms with Gasteiger partial charge in [0.1, 0.15) is 0 Å². The lowest BCUT2D eigenvalue weighted by atomic mass is 9.95. The standard InChI is InChI=1S/C15H30N2/c1-2-17-12-10-15(11-13-17)16-14-8-6-4-3-5-7-9-14/h14-16H,2-13H2,1H3. The zero-order valence-corrected chi connectivity index (χ0v) is 11.6. The van der Waals surface area contributed by atoms with Crippen molar-refractivity contribution in [1.29, 1.82) is 0 Å². The van der Waals surface area contributed by atoms with Crippen LogP contribution in [0.2, 0.25) is 0 Å². The third-order valence-corrected chi connectivity index (χ3v) is 4.61. The van der Waals surface area contributed by atoms with Crippen molar-refractivity contribution in [3.8, 4) is 0 Å². The second-order valence-corrected chi connectivity index (χ2v) is 5.92. The molecule has 1 N–H and O–H groups in total. The van der Waals surface area contributed by atoms with Crippen molar-refractivity contribution in [1.82, 2.24) is 10.2 Å². The molecule has 2 rings (SSSR count). The van der Waals surface area contributed by atoms with Crippen molar-refractivity contribution in [3.63, 3.8) is 0 Å². The van der Waals surface area contributed by atoms with E-state index in [0.29, 0.717) is 0 Å². The van der Waals surface area contributed by atoms with Gasteiger partial charge in [0.15, 0.2) is 0 Å². The van der Waals surface area contributed by atoms with Gasteiger partial charge in [-0.25, -0.2) is 0 Å². The van der Waals surface area contributed by atoms with Gasteiger partial charge in [0.25, 0.3) is 0 Å². The predicted octanol–water partition coefficient (Wildman–Crippen LogP) is 3.17. The zero-order valence-electron chi connectivity index (χ0n) is 11.6. The molecule has 17 heavy (non-hydrogen) atoms. The SMILES string of the molecule is CCN1CCC(NC2CCCCCCC2)CC1. The molecule has 0 atom stereocenters. The van der Waals surface area contributed by atoms with Crippen LogP contribution in [0.5, 0.6) is 0 Å². The molecular weight excluding hydrogens is 208 g/mol. The molecular formula is C15H30N2. The Labute approximate surface area is 107 Å². The summed E-state index contributed by atoms with van der Waals surface area (Å²) >= 11 is 0. The van der Waals surface area contributed by atoms with Crippen LogP contribution in [0.1, 0.15) is 64.7 Å². The second-order valence-electron chi connectivity index (χ2n) is 5.92. The molecule has 0 radical (unpaired) electrons. The molecule has 2 nitrogen and oxygen atoms in total. The average molecular weight is 238 g/mol. The van der Waals surface area contributed by atoms with Gasteiger partial charge < -0.3 is 10.2 Å². The van der Waals surface area contributed by atoms with Crippen molar-refractivity contribution < 1.29 is 0 Å². The Morgan fingerprint density at radius 1 is 0.824 bits per heavy atom. The smallest absolute Gasteiger partial charge is 0.00940 e. The van der Waals surface area contributed by atoms with E-state index in [9.17, 15) is 0 Å². The lowest BCUT2D eigenvalue weighted by Gasteiger charge is -2.34. The van der Waals surface area contributed by atoms with Gasteiger partial charge in [-0.05, 0) is 45.3 Å². The minimum atomic E-state index is 0.808. The van der Waals surface area contributed by atoms with Gasteiger partial charge in [-0.1, -0.05) is 39.0 Å². The first kappa shape index (κ1) is 13.4. The van der Waals surface area contributed by atoms with Crippen LogP contribution in [0.3, 0.4) is 0 Å². The number of nitrogens with zero attached hydrogens (tertiary/aromatic N) is 1. The Balaban J connectivity index is 1.68. The summed E-state index contributed by atoms with van der Waals surface area (Å²) in [5, 5.41) is 3.94. The quantitative estimate of drug-likeness (QED) is 0.812. The van der Waals surface area contributed by atoms with Crippen LogP contribution in [-0.4, -0.2) is 36.6 Å². The van der Waals surface area contributed by atoms with E-state index >= 15 is 0 Å². The molecule has 1 saturated carbocycles. The molecule has 1 aliphatic carbocycles. The van der Waals surface area contributed by atoms with Crippen molar-refractivity contribution >= 4 is 0 Å². The Morgan fingerprint density at radius 2 is 1.35 bits per heavy atom. The summed E-state index contributed by atoms with van der Waals surface area (Å²) in [6, 6.07) is 1.63. The summed E-state index contributed by atoms with van der Waals surface area (Å²) < 4.78 is 0. The highest BCUT2D eigenvalue weighted by Gasteiger charge is 2.21. The second kappa shape index (κ2) is 7.38. The summed E-state index contributed by atoms with van der Waals surface area (Å²) in [6.07, 6.45) is 12.9. The molecule has 2 heteroatoms. The normalized spacial score (nSPS) is 26.6. The maximum absolute atomic E-state index is 3.94. The van der Waals surface area contributed by atoms with Gasteiger partial charge in [-0.2, -0.15) is 0 Å². The fourth-order valence-corrected chi connectivity index (χ4v) is 3.37. The summed E-state index contributed by atoms with van der Waals surface area (Å²) in [6.45, 7) is 6.13. The zero-order chi connectivity index (χ0) is 11.9. The van der Waals surface area contributed by atoms with Crippen LogP contribution in [-0.2, 0) is 0 Å². The van der Waals surface area contributed by atoms with Crippen LogP contribution >= 0.6 is 0 Å². The van der Waals surface area contributed by atoms with E-state index in [1.807, 2.05) is 0 Å². The van der Waals surface area contributed by atoms with Crippen LogP contribution < -0.4 is 5.32 Å². The first-order valence-corrected chi connectivity index (χ1v) is 7.87. The number of likely N-dealkylation sites (tertiary alicyclic amines) is 1. The lowest BCUT2D eigenvalue weighted by molar-refractivity contribution is 0.193. The first-order chi connectivity index (χ1) is 8.38. The molecule has 1 saturated heterocycles. The highest BCUT2D eigenvalue weighted by molar-refractivity contribution is 4.81. The maximum Gasteiger partial charge on any atom is 0.00940 e. The van der Waals surface area contributed by atoms with E-state index in [1.54, 1.807) is 0 Å². The van der Waals surface area contributed by atoms with Crippen LogP contribution in [0.25, 0.3) is 0 Å². The molecule has 1 aliphatic heterocycles. The monoisotopic (exact) mass is 238 g/mol. The van der Waals surface area contributed by atoms with Crippen molar-refractivity contribution in [2.45, 2.75) is 76.8 Å². The highest BCUT2D eigenvalue weighted by Crippen LogP contribution is 2.19. The number of nitrogens with one attached hydrogen (secondary N) is 1. The van der Waals surface area contributed by atoms with Gasteiger partial charge in [-0.3, -0.25) is 0 Å². The molecule has 0 spiro atoms. The summed E-state index contributed by atoms with van der Waals surface area (Å²) in [5.74, 6) is 0. The molecule has 100 valence electrons. The first-order valence-electron chi connectivity index (χ1n) is 7.87. The van der Waals surface area contributed by atoms with Gasteiger partial charge >= 0.3 is 0 Å². The van der Waals surface area contributed by atoms with E-state index < -0.39 is 0 Å². The molecule has 2 fully saturated rings. The molecule has 0 amide bonds. The molecule has 0 unspecified atom stereocenters. The number of rotatable bonds is 3. The Morgan fingerprint density at radius 3 is 1.94 bits per heavy atom. The fraction of sp³-hybridized carbons (Fsp3) is 1.00. The molecule has 0 aromatic rings. The summed E-state index contributed by atoms with van der Waals surface area (Å²) in [5.41, 5.74) is 0. The molecule has 2 aliphatic rings. The Hall–Kier alpha value is -0.0800. The maximum atomic E-state index is 3.94. The van der Waals surface area contributed by atoms with Crippen molar-refractivity contribution in [2.24, 2.45) is 0 Å². The molecule has 0 aromatic carbocycles. The van der Waals surface area contributed by atoms with E-state index in [-0.39, 0.29) is 0 Å². The van der Waals surface area contributed by atoms with Crippen molar-refractivity contribution in [3.05, 3.63) is 0 Å². The minimum absolute atomic E-state index is 0.808. The van der Waals surface area contributed by atoms with Gasteiger partial charge in [0.05, 0.1) is 0 Å². The third kappa shape index (κ3) is 4.59. The number of hydrogen-bond donors (Lipinski definition) is 1. The van der Waals surface area contributed by atoms with E-state index in [1.165, 1.54) is 77.4 Å². The summed E-state index contributed by atoms with van der Waals surface area (Å²) in [4.78, 5) is 2.58.